The van der Waals surface area contributed by atoms with Gasteiger partial charge in [0, 0.05) is 6.42 Å². The molecule has 0 spiro atoms. The highest BCUT2D eigenvalue weighted by atomic mass is 16.6. The molecule has 1 heterocycles. The van der Waals surface area contributed by atoms with Crippen molar-refractivity contribution in [2.45, 2.75) is 52.1 Å². The average Bonchev–Trinajstić information content (AvgIpc) is 2.92. The lowest BCUT2D eigenvalue weighted by atomic mass is 10.2. The summed E-state index contributed by atoms with van der Waals surface area (Å²) >= 11 is 0. The van der Waals surface area contributed by atoms with E-state index in [-0.39, 0.29) is 5.76 Å². The molecule has 138 valence electrons. The monoisotopic (exact) mass is 348 g/mol. The summed E-state index contributed by atoms with van der Waals surface area (Å²) in [6, 6.07) is 9.57. The maximum atomic E-state index is 12.1. The van der Waals surface area contributed by atoms with Crippen LogP contribution in [0.25, 0.3) is 0 Å². The second-order valence-electron chi connectivity index (χ2n) is 5.94. The Labute approximate surface area is 149 Å². The standard InChI is InChI=1S/C20H28O5/c1-3-5-13-23-18-17(12-15-22-16-10-8-7-9-11-16)25-20(21)19(18)24-14-6-4-2/h7-11,17H,3-6,12-15H2,1-2H3. The zero-order valence-electron chi connectivity index (χ0n) is 15.2. The highest BCUT2D eigenvalue weighted by Crippen LogP contribution is 2.28. The molecule has 0 aromatic heterocycles. The molecule has 0 aliphatic carbocycles. The van der Waals surface area contributed by atoms with Gasteiger partial charge in [0.15, 0.2) is 11.9 Å². The van der Waals surface area contributed by atoms with E-state index in [0.29, 0.717) is 32.0 Å². The quantitative estimate of drug-likeness (QED) is 0.418. The lowest BCUT2D eigenvalue weighted by Gasteiger charge is -2.15. The number of esters is 1. The number of cyclic esters (lactones) is 1. The topological polar surface area (TPSA) is 54.0 Å². The highest BCUT2D eigenvalue weighted by molar-refractivity contribution is 5.89. The molecule has 1 aromatic rings. The summed E-state index contributed by atoms with van der Waals surface area (Å²) in [5.74, 6) is 1.11. The molecule has 2 rings (SSSR count). The van der Waals surface area contributed by atoms with Crippen LogP contribution in [0.5, 0.6) is 5.75 Å². The van der Waals surface area contributed by atoms with Crippen LogP contribution in [0.1, 0.15) is 46.0 Å². The van der Waals surface area contributed by atoms with Crippen molar-refractivity contribution in [2.75, 3.05) is 19.8 Å². The summed E-state index contributed by atoms with van der Waals surface area (Å²) in [7, 11) is 0. The van der Waals surface area contributed by atoms with Gasteiger partial charge in [0.1, 0.15) is 5.75 Å². The van der Waals surface area contributed by atoms with Gasteiger partial charge in [-0.1, -0.05) is 44.9 Å². The van der Waals surface area contributed by atoms with Gasteiger partial charge in [-0.05, 0) is 25.0 Å². The van der Waals surface area contributed by atoms with Crippen molar-refractivity contribution in [3.8, 4) is 5.75 Å². The van der Waals surface area contributed by atoms with Gasteiger partial charge in [-0.3, -0.25) is 0 Å². The zero-order chi connectivity index (χ0) is 17.9. The van der Waals surface area contributed by atoms with Crippen molar-refractivity contribution in [1.82, 2.24) is 0 Å². The van der Waals surface area contributed by atoms with E-state index in [1.165, 1.54) is 0 Å². The van der Waals surface area contributed by atoms with E-state index in [9.17, 15) is 4.79 Å². The number of carbonyl (C=O) groups excluding carboxylic acids is 1. The van der Waals surface area contributed by atoms with Gasteiger partial charge in [-0.15, -0.1) is 0 Å². The summed E-state index contributed by atoms with van der Waals surface area (Å²) in [4.78, 5) is 12.1. The predicted octanol–water partition coefficient (Wildman–Crippen LogP) is 4.23. The SMILES string of the molecule is CCCCOC1=C(OCCCC)C(CCOc2ccccc2)OC1=O. The van der Waals surface area contributed by atoms with Crippen LogP contribution in [0, 0.1) is 0 Å². The molecule has 0 saturated carbocycles. The number of benzene rings is 1. The fourth-order valence-corrected chi connectivity index (χ4v) is 2.41. The molecule has 0 fully saturated rings. The van der Waals surface area contributed by atoms with Crippen LogP contribution in [-0.4, -0.2) is 31.9 Å². The summed E-state index contributed by atoms with van der Waals surface area (Å²) in [6.45, 7) is 5.66. The number of rotatable bonds is 12. The molecule has 0 bridgehead atoms. The molecule has 1 aromatic carbocycles. The third kappa shape index (κ3) is 6.00. The first-order valence-corrected chi connectivity index (χ1v) is 9.14. The number of para-hydroxylation sites is 1. The van der Waals surface area contributed by atoms with Crippen LogP contribution in [-0.2, 0) is 19.0 Å². The van der Waals surface area contributed by atoms with Crippen molar-refractivity contribution < 1.29 is 23.7 Å². The molecule has 0 saturated heterocycles. The molecule has 1 atom stereocenters. The van der Waals surface area contributed by atoms with Gasteiger partial charge < -0.3 is 18.9 Å². The van der Waals surface area contributed by atoms with Crippen LogP contribution < -0.4 is 4.74 Å². The second-order valence-corrected chi connectivity index (χ2v) is 5.94. The normalized spacial score (nSPS) is 16.7. The van der Waals surface area contributed by atoms with Gasteiger partial charge in [-0.25, -0.2) is 4.79 Å². The summed E-state index contributed by atoms with van der Waals surface area (Å²) < 4.78 is 22.6. The van der Waals surface area contributed by atoms with E-state index in [1.54, 1.807) is 0 Å². The summed E-state index contributed by atoms with van der Waals surface area (Å²) in [5, 5.41) is 0. The number of unbranched alkanes of at least 4 members (excludes halogenated alkanes) is 2. The van der Waals surface area contributed by atoms with Crippen LogP contribution in [0.2, 0.25) is 0 Å². The first-order chi connectivity index (χ1) is 12.3. The van der Waals surface area contributed by atoms with E-state index >= 15 is 0 Å². The minimum atomic E-state index is -0.440. The van der Waals surface area contributed by atoms with Crippen LogP contribution in [0.4, 0.5) is 0 Å². The Morgan fingerprint density at radius 3 is 2.28 bits per heavy atom. The number of hydrogen-bond donors (Lipinski definition) is 0. The molecule has 25 heavy (non-hydrogen) atoms. The summed E-state index contributed by atoms with van der Waals surface area (Å²) in [5.41, 5.74) is 0. The molecule has 1 aliphatic heterocycles. The van der Waals surface area contributed by atoms with Crippen molar-refractivity contribution >= 4 is 5.97 Å². The van der Waals surface area contributed by atoms with Crippen molar-refractivity contribution in [3.63, 3.8) is 0 Å². The first-order valence-electron chi connectivity index (χ1n) is 9.14. The molecular weight excluding hydrogens is 320 g/mol. The lowest BCUT2D eigenvalue weighted by Crippen LogP contribution is -2.17. The molecular formula is C20H28O5. The molecule has 5 nitrogen and oxygen atoms in total. The van der Waals surface area contributed by atoms with Gasteiger partial charge in [0.05, 0.1) is 19.8 Å². The molecule has 0 N–H and O–H groups in total. The Morgan fingerprint density at radius 2 is 1.60 bits per heavy atom. The molecule has 1 unspecified atom stereocenters. The highest BCUT2D eigenvalue weighted by Gasteiger charge is 2.37. The summed E-state index contributed by atoms with van der Waals surface area (Å²) in [6.07, 6.45) is 3.93. The Balaban J connectivity index is 1.95. The Morgan fingerprint density at radius 1 is 0.920 bits per heavy atom. The van der Waals surface area contributed by atoms with Crippen molar-refractivity contribution in [3.05, 3.63) is 41.9 Å². The smallest absolute Gasteiger partial charge is 0.378 e. The molecule has 0 amide bonds. The minimum absolute atomic E-state index is 0.231. The minimum Gasteiger partial charge on any atom is -0.493 e. The molecule has 5 heteroatoms. The van der Waals surface area contributed by atoms with Crippen LogP contribution >= 0.6 is 0 Å². The Hall–Kier alpha value is -2.17. The number of ether oxygens (including phenoxy) is 4. The van der Waals surface area contributed by atoms with E-state index in [2.05, 4.69) is 13.8 Å². The fraction of sp³-hybridized carbons (Fsp3) is 0.550. The lowest BCUT2D eigenvalue weighted by molar-refractivity contribution is -0.143. The van der Waals surface area contributed by atoms with E-state index < -0.39 is 12.1 Å². The second kappa shape index (κ2) is 10.6. The third-order valence-corrected chi connectivity index (χ3v) is 3.84. The molecule has 0 radical (unpaired) electrons. The number of hydrogen-bond acceptors (Lipinski definition) is 5. The van der Waals surface area contributed by atoms with Gasteiger partial charge in [-0.2, -0.15) is 0 Å². The Kier molecular flexibility index (Phi) is 8.16. The molecule has 1 aliphatic rings. The van der Waals surface area contributed by atoms with Gasteiger partial charge in [0.2, 0.25) is 5.76 Å². The first kappa shape index (κ1) is 19.2. The number of carbonyl (C=O) groups is 1. The van der Waals surface area contributed by atoms with E-state index in [1.807, 2.05) is 30.3 Å². The fourth-order valence-electron chi connectivity index (χ4n) is 2.41. The van der Waals surface area contributed by atoms with E-state index in [0.717, 1.165) is 31.4 Å². The van der Waals surface area contributed by atoms with Crippen LogP contribution in [0.3, 0.4) is 0 Å². The van der Waals surface area contributed by atoms with Crippen molar-refractivity contribution in [2.24, 2.45) is 0 Å². The van der Waals surface area contributed by atoms with Gasteiger partial charge in [0.25, 0.3) is 0 Å². The van der Waals surface area contributed by atoms with E-state index in [4.69, 9.17) is 18.9 Å². The maximum absolute atomic E-state index is 12.1. The van der Waals surface area contributed by atoms with Crippen molar-refractivity contribution in [1.29, 1.82) is 0 Å². The average molecular weight is 348 g/mol. The van der Waals surface area contributed by atoms with Crippen LogP contribution in [0.15, 0.2) is 41.9 Å². The zero-order valence-corrected chi connectivity index (χ0v) is 15.2. The largest absolute Gasteiger partial charge is 0.493 e. The van der Waals surface area contributed by atoms with Gasteiger partial charge >= 0.3 is 5.97 Å². The Bertz CT molecular complexity index is 552. The predicted molar refractivity (Wildman–Crippen MR) is 95.2 cm³/mol. The third-order valence-electron chi connectivity index (χ3n) is 3.84. The maximum Gasteiger partial charge on any atom is 0.378 e.